The van der Waals surface area contributed by atoms with Gasteiger partial charge in [0.1, 0.15) is 5.75 Å². The van der Waals surface area contributed by atoms with Gasteiger partial charge in [-0.3, -0.25) is 4.57 Å². The van der Waals surface area contributed by atoms with Crippen molar-refractivity contribution in [3.63, 3.8) is 0 Å². The summed E-state index contributed by atoms with van der Waals surface area (Å²) in [6, 6.07) is 9.92. The van der Waals surface area contributed by atoms with Gasteiger partial charge in [0.2, 0.25) is 0 Å². The molecule has 0 bridgehead atoms. The van der Waals surface area contributed by atoms with Gasteiger partial charge in [-0.2, -0.15) is 5.26 Å². The third-order valence-corrected chi connectivity index (χ3v) is 3.37. The van der Waals surface area contributed by atoms with Crippen LogP contribution in [0.15, 0.2) is 41.8 Å². The van der Waals surface area contributed by atoms with Gasteiger partial charge in [-0.25, -0.2) is 4.98 Å². The minimum Gasteiger partial charge on any atom is -0.497 e. The molecular weight excluding hydrogens is 246 g/mol. The standard InChI is InChI=1S/C13H13N3OS/c1-10(9-14)18-13-15-6-7-16(13)11-4-3-5-12(8-11)17-2/h3-8,10H,1-2H3/t10-/m1/s1. The highest BCUT2D eigenvalue weighted by molar-refractivity contribution is 8.00. The van der Waals surface area contributed by atoms with Gasteiger partial charge >= 0.3 is 0 Å². The summed E-state index contributed by atoms with van der Waals surface area (Å²) in [5, 5.41) is 9.52. The molecule has 2 aromatic rings. The van der Waals surface area contributed by atoms with E-state index in [1.54, 1.807) is 13.3 Å². The molecule has 1 aromatic heterocycles. The van der Waals surface area contributed by atoms with E-state index in [2.05, 4.69) is 11.1 Å². The van der Waals surface area contributed by atoms with Crippen molar-refractivity contribution in [2.75, 3.05) is 7.11 Å². The molecular formula is C13H13N3OS. The summed E-state index contributed by atoms with van der Waals surface area (Å²) in [6.45, 7) is 1.86. The van der Waals surface area contributed by atoms with Gasteiger partial charge in [0.25, 0.3) is 0 Å². The Morgan fingerprint density at radius 3 is 3.06 bits per heavy atom. The number of hydrogen-bond acceptors (Lipinski definition) is 4. The molecule has 0 saturated heterocycles. The number of ether oxygens (including phenoxy) is 1. The van der Waals surface area contributed by atoms with Gasteiger partial charge < -0.3 is 4.74 Å². The normalized spacial score (nSPS) is 11.8. The van der Waals surface area contributed by atoms with Gasteiger partial charge in [-0.05, 0) is 19.1 Å². The topological polar surface area (TPSA) is 50.8 Å². The maximum atomic E-state index is 8.85. The molecule has 1 heterocycles. The first-order chi connectivity index (χ1) is 8.74. The minimum atomic E-state index is -0.128. The van der Waals surface area contributed by atoms with E-state index in [1.165, 1.54) is 11.8 Å². The molecule has 1 atom stereocenters. The van der Waals surface area contributed by atoms with E-state index in [1.807, 2.05) is 42.0 Å². The molecule has 2 rings (SSSR count). The van der Waals surface area contributed by atoms with Crippen molar-refractivity contribution in [1.29, 1.82) is 5.26 Å². The maximum Gasteiger partial charge on any atom is 0.173 e. The lowest BCUT2D eigenvalue weighted by molar-refractivity contribution is 0.414. The summed E-state index contributed by atoms with van der Waals surface area (Å²) >= 11 is 1.44. The van der Waals surface area contributed by atoms with Gasteiger partial charge in [0, 0.05) is 18.5 Å². The summed E-state index contributed by atoms with van der Waals surface area (Å²) in [5.74, 6) is 0.797. The van der Waals surface area contributed by atoms with E-state index in [0.717, 1.165) is 16.6 Å². The number of nitriles is 1. The Kier molecular flexibility index (Phi) is 3.90. The fourth-order valence-corrected chi connectivity index (χ4v) is 2.29. The first-order valence-corrected chi connectivity index (χ1v) is 6.36. The summed E-state index contributed by atoms with van der Waals surface area (Å²) in [5.41, 5.74) is 0.972. The molecule has 0 saturated carbocycles. The third kappa shape index (κ3) is 2.66. The van der Waals surface area contributed by atoms with Gasteiger partial charge in [0.05, 0.1) is 24.1 Å². The second-order valence-corrected chi connectivity index (χ2v) is 4.98. The lowest BCUT2D eigenvalue weighted by Crippen LogP contribution is -1.99. The quantitative estimate of drug-likeness (QED) is 0.792. The van der Waals surface area contributed by atoms with Crippen LogP contribution >= 0.6 is 11.8 Å². The molecule has 4 nitrogen and oxygen atoms in total. The minimum absolute atomic E-state index is 0.128. The Balaban J connectivity index is 2.33. The highest BCUT2D eigenvalue weighted by atomic mass is 32.2. The Labute approximate surface area is 110 Å². The smallest absolute Gasteiger partial charge is 0.173 e. The van der Waals surface area contributed by atoms with Crippen LogP contribution in [0, 0.1) is 11.3 Å². The van der Waals surface area contributed by atoms with Crippen LogP contribution in [0.25, 0.3) is 5.69 Å². The SMILES string of the molecule is COc1cccc(-n2ccnc2S[C@H](C)C#N)c1. The van der Waals surface area contributed by atoms with Crippen LogP contribution in [0.2, 0.25) is 0 Å². The monoisotopic (exact) mass is 259 g/mol. The summed E-state index contributed by atoms with van der Waals surface area (Å²) < 4.78 is 7.15. The Morgan fingerprint density at radius 1 is 1.50 bits per heavy atom. The molecule has 0 radical (unpaired) electrons. The van der Waals surface area contributed by atoms with E-state index in [9.17, 15) is 0 Å². The van der Waals surface area contributed by atoms with E-state index in [0.29, 0.717) is 0 Å². The molecule has 0 amide bonds. The van der Waals surface area contributed by atoms with Crippen molar-refractivity contribution in [1.82, 2.24) is 9.55 Å². The molecule has 0 aliphatic rings. The number of methoxy groups -OCH3 is 1. The predicted octanol–water partition coefficient (Wildman–Crippen LogP) is 2.89. The number of benzene rings is 1. The first-order valence-electron chi connectivity index (χ1n) is 5.48. The highest BCUT2D eigenvalue weighted by Crippen LogP contribution is 2.25. The molecule has 0 unspecified atom stereocenters. The summed E-state index contributed by atoms with van der Waals surface area (Å²) in [4.78, 5) is 4.27. The second-order valence-electron chi connectivity index (χ2n) is 3.67. The molecule has 0 aliphatic heterocycles. The van der Waals surface area contributed by atoms with Crippen molar-refractivity contribution >= 4 is 11.8 Å². The van der Waals surface area contributed by atoms with Crippen molar-refractivity contribution in [3.05, 3.63) is 36.7 Å². The van der Waals surface area contributed by atoms with E-state index >= 15 is 0 Å². The van der Waals surface area contributed by atoms with Crippen LogP contribution in [0.4, 0.5) is 0 Å². The fourth-order valence-electron chi connectivity index (χ4n) is 1.52. The third-order valence-electron chi connectivity index (χ3n) is 2.40. The van der Waals surface area contributed by atoms with Gasteiger partial charge in [-0.15, -0.1) is 0 Å². The van der Waals surface area contributed by atoms with Crippen LogP contribution in [0.1, 0.15) is 6.92 Å². The van der Waals surface area contributed by atoms with Crippen molar-refractivity contribution in [2.24, 2.45) is 0 Å². The zero-order valence-electron chi connectivity index (χ0n) is 10.2. The number of rotatable bonds is 4. The van der Waals surface area contributed by atoms with Crippen molar-refractivity contribution in [3.8, 4) is 17.5 Å². The Bertz CT molecular complexity index is 574. The summed E-state index contributed by atoms with van der Waals surface area (Å²) in [7, 11) is 1.64. The second kappa shape index (κ2) is 5.61. The largest absolute Gasteiger partial charge is 0.497 e. The predicted molar refractivity (Wildman–Crippen MR) is 71.0 cm³/mol. The van der Waals surface area contributed by atoms with Crippen LogP contribution < -0.4 is 4.74 Å². The number of thioether (sulfide) groups is 1. The van der Waals surface area contributed by atoms with E-state index < -0.39 is 0 Å². The molecule has 0 spiro atoms. The van der Waals surface area contributed by atoms with E-state index in [-0.39, 0.29) is 5.25 Å². The molecule has 92 valence electrons. The molecule has 0 fully saturated rings. The average molecular weight is 259 g/mol. The molecule has 1 aromatic carbocycles. The van der Waals surface area contributed by atoms with Crippen LogP contribution in [0.3, 0.4) is 0 Å². The van der Waals surface area contributed by atoms with Crippen LogP contribution in [-0.2, 0) is 0 Å². The maximum absolute atomic E-state index is 8.85. The van der Waals surface area contributed by atoms with Crippen molar-refractivity contribution in [2.45, 2.75) is 17.3 Å². The Morgan fingerprint density at radius 2 is 2.33 bits per heavy atom. The lowest BCUT2D eigenvalue weighted by atomic mass is 10.3. The molecule has 0 aliphatic carbocycles. The number of nitrogens with zero attached hydrogens (tertiary/aromatic N) is 3. The zero-order valence-corrected chi connectivity index (χ0v) is 11.0. The number of aromatic nitrogens is 2. The van der Waals surface area contributed by atoms with Crippen molar-refractivity contribution < 1.29 is 4.74 Å². The number of hydrogen-bond donors (Lipinski definition) is 0. The average Bonchev–Trinajstić information content (AvgIpc) is 2.86. The molecule has 5 heteroatoms. The summed E-state index contributed by atoms with van der Waals surface area (Å²) in [6.07, 6.45) is 3.60. The number of imidazole rings is 1. The fraction of sp³-hybridized carbons (Fsp3) is 0.231. The van der Waals surface area contributed by atoms with Crippen LogP contribution in [0.5, 0.6) is 5.75 Å². The van der Waals surface area contributed by atoms with E-state index in [4.69, 9.17) is 10.00 Å². The zero-order chi connectivity index (χ0) is 13.0. The molecule has 0 N–H and O–H groups in total. The Hall–Kier alpha value is -1.93. The first kappa shape index (κ1) is 12.5. The lowest BCUT2D eigenvalue weighted by Gasteiger charge is -2.09. The highest BCUT2D eigenvalue weighted by Gasteiger charge is 2.10. The van der Waals surface area contributed by atoms with Gasteiger partial charge in [0.15, 0.2) is 5.16 Å². The molecule has 18 heavy (non-hydrogen) atoms. The van der Waals surface area contributed by atoms with Gasteiger partial charge in [-0.1, -0.05) is 17.8 Å². The van der Waals surface area contributed by atoms with Crippen LogP contribution in [-0.4, -0.2) is 21.9 Å².